The molecule has 0 N–H and O–H groups in total. The van der Waals surface area contributed by atoms with E-state index in [0.29, 0.717) is 38.0 Å². The van der Waals surface area contributed by atoms with Gasteiger partial charge in [-0.1, -0.05) is 18.2 Å². The van der Waals surface area contributed by atoms with Crippen LogP contribution >= 0.6 is 31.9 Å². The van der Waals surface area contributed by atoms with Crippen LogP contribution in [0.2, 0.25) is 0 Å². The highest BCUT2D eigenvalue weighted by Gasteiger charge is 2.64. The number of para-hydroxylation sites is 2. The molecule has 8 aromatic rings. The highest BCUT2D eigenvalue weighted by Crippen LogP contribution is 2.49. The number of pyridine rings is 3. The molecule has 5 aliphatic rings. The predicted octanol–water partition coefficient (Wildman–Crippen LogP) is 17.2. The van der Waals surface area contributed by atoms with Gasteiger partial charge < -0.3 is 61.1 Å². The molecule has 3 aromatic heterocycles. The van der Waals surface area contributed by atoms with E-state index in [1.165, 1.54) is 98.8 Å². The topological polar surface area (TPSA) is 186 Å². The van der Waals surface area contributed by atoms with E-state index in [-0.39, 0.29) is 79.3 Å². The van der Waals surface area contributed by atoms with Gasteiger partial charge in [0.15, 0.2) is 23.0 Å². The van der Waals surface area contributed by atoms with Gasteiger partial charge in [0.25, 0.3) is 16.7 Å². The molecule has 0 bridgehead atoms. The van der Waals surface area contributed by atoms with E-state index in [4.69, 9.17) is 27.9 Å². The van der Waals surface area contributed by atoms with Gasteiger partial charge in [0.2, 0.25) is 0 Å². The van der Waals surface area contributed by atoms with E-state index in [9.17, 15) is 71.5 Å². The lowest BCUT2D eigenvalue weighted by Crippen LogP contribution is -2.41. The number of fused-ring (bicyclic) bond motifs is 2. The van der Waals surface area contributed by atoms with Crippen molar-refractivity contribution in [1.82, 2.24) is 13.7 Å². The molecule has 8 heterocycles. The molecule has 0 unspecified atom stereocenters. The Bertz CT molecular complexity index is 4710. The van der Waals surface area contributed by atoms with Gasteiger partial charge in [0, 0.05) is 74.9 Å². The molecule has 0 atom stereocenters. The van der Waals surface area contributed by atoms with Crippen LogP contribution in [-0.4, -0.2) is 100 Å². The van der Waals surface area contributed by atoms with Gasteiger partial charge in [0.05, 0.1) is 38.1 Å². The average Bonchev–Trinajstić information content (AvgIpc) is 1.59. The molecule has 13 rings (SSSR count). The minimum Gasteiger partial charge on any atom is -0.406 e. The van der Waals surface area contributed by atoms with Crippen molar-refractivity contribution < 1.29 is 118 Å². The molecule has 108 heavy (non-hydrogen) atoms. The number of aryl methyl sites for hydroxylation is 3. The fourth-order valence-electron chi connectivity index (χ4n) is 10.5. The van der Waals surface area contributed by atoms with Crippen LogP contribution < -0.4 is 55.3 Å². The van der Waals surface area contributed by atoms with Crippen molar-refractivity contribution in [3.05, 3.63) is 203 Å². The summed E-state index contributed by atoms with van der Waals surface area (Å²) in [6.45, 7) is 29.1. The largest absolute Gasteiger partial charge is 0.586 e. The molecule has 19 nitrogen and oxygen atoms in total. The van der Waals surface area contributed by atoms with E-state index in [0.717, 1.165) is 46.4 Å². The van der Waals surface area contributed by atoms with Crippen LogP contribution in [0.15, 0.2) is 169 Å². The Morgan fingerprint density at radius 2 is 0.694 bits per heavy atom. The Morgan fingerprint density at radius 1 is 0.370 bits per heavy atom. The fourth-order valence-corrected chi connectivity index (χ4v) is 11.3. The van der Waals surface area contributed by atoms with E-state index in [1.807, 2.05) is 83.1 Å². The second-order valence-electron chi connectivity index (χ2n) is 27.7. The number of hydrogen-bond donors (Lipinski definition) is 0. The number of aromatic nitrogens is 3. The van der Waals surface area contributed by atoms with Crippen LogP contribution in [0, 0.1) is 20.8 Å². The third-order valence-electron chi connectivity index (χ3n) is 18.2. The zero-order valence-electron chi connectivity index (χ0n) is 60.1. The SMILES string of the molecule is CC1(C)OB(B2OC(C)(C)C(C)(C)O2)OC1(C)C.Cc1cc(=O)n(-c2ccc(OC(F)(F)F)cc2)cc1-c1cccc2c1OC(F)(F)O2.Cc1cc(=O)n(-c2ccc(OC(F)(F)F)cc2)cc1B1OC(C)(C)C(C)(C)O1.Cc1cc(=O)n(-c2ccc(OC(F)(F)F)cc2)cc1Br.FC1(F)Oc2cccc(Br)c2O1. The Morgan fingerprint density at radius 3 is 1.07 bits per heavy atom. The maximum absolute atomic E-state index is 13.5. The molecule has 0 amide bonds. The number of hydrogen-bond acceptors (Lipinski definition) is 16. The molecule has 5 aliphatic heterocycles. The van der Waals surface area contributed by atoms with Gasteiger partial charge in [-0.15, -0.1) is 57.1 Å². The van der Waals surface area contributed by atoms with E-state index >= 15 is 0 Å². The summed E-state index contributed by atoms with van der Waals surface area (Å²) < 4.78 is 232. The minimum atomic E-state index is -4.84. The lowest BCUT2D eigenvalue weighted by Gasteiger charge is -2.32. The minimum absolute atomic E-state index is 0.0440. The van der Waals surface area contributed by atoms with Crippen LogP contribution in [0.1, 0.15) is 99.8 Å². The first-order valence-electron chi connectivity index (χ1n) is 32.5. The first-order chi connectivity index (χ1) is 49.5. The Labute approximate surface area is 627 Å². The third-order valence-corrected chi connectivity index (χ3v) is 19.6. The van der Waals surface area contributed by atoms with Crippen LogP contribution in [0.3, 0.4) is 0 Å². The Hall–Kier alpha value is -8.45. The molecule has 578 valence electrons. The molecule has 37 heteroatoms. The van der Waals surface area contributed by atoms with Gasteiger partial charge >= 0.3 is 52.8 Å². The van der Waals surface area contributed by atoms with E-state index < -0.39 is 75.3 Å². The molecule has 5 aromatic carbocycles. The number of benzene rings is 5. The highest BCUT2D eigenvalue weighted by atomic mass is 79.9. The summed E-state index contributed by atoms with van der Waals surface area (Å²) in [4.78, 5) is 36.7. The normalized spacial score (nSPS) is 18.3. The van der Waals surface area contributed by atoms with E-state index in [2.05, 4.69) is 65.0 Å². The van der Waals surface area contributed by atoms with Crippen LogP contribution in [-0.2, 0) is 27.9 Å². The summed E-state index contributed by atoms with van der Waals surface area (Å²) in [5, 5.41) is 0. The smallest absolute Gasteiger partial charge is 0.406 e. The maximum Gasteiger partial charge on any atom is 0.586 e. The first kappa shape index (κ1) is 83.6. The van der Waals surface area contributed by atoms with Crippen LogP contribution in [0.4, 0.5) is 57.1 Å². The summed E-state index contributed by atoms with van der Waals surface area (Å²) in [5.74, 6) is -1.37. The van der Waals surface area contributed by atoms with Gasteiger partial charge in [-0.05, 0) is 243 Å². The fraction of sp³-hybridized carbons (Fsp3) is 0.366. The molecule has 3 saturated heterocycles. The third kappa shape index (κ3) is 19.9. The number of nitrogens with zero attached hydrogens (tertiary/aromatic N) is 3. The molecular weight excluding hydrogens is 1590 g/mol. The lowest BCUT2D eigenvalue weighted by molar-refractivity contribution is -0.287. The van der Waals surface area contributed by atoms with Crippen molar-refractivity contribution in [2.75, 3.05) is 0 Å². The predicted molar refractivity (Wildman–Crippen MR) is 378 cm³/mol. The van der Waals surface area contributed by atoms with Crippen molar-refractivity contribution in [2.24, 2.45) is 0 Å². The summed E-state index contributed by atoms with van der Waals surface area (Å²) in [7, 11) is -1.61. The summed E-state index contributed by atoms with van der Waals surface area (Å²) in [6, 6.07) is 27.9. The zero-order valence-corrected chi connectivity index (χ0v) is 63.3. The van der Waals surface area contributed by atoms with Crippen LogP contribution in [0.25, 0.3) is 28.2 Å². The van der Waals surface area contributed by atoms with Gasteiger partial charge in [0.1, 0.15) is 17.2 Å². The second kappa shape index (κ2) is 30.4. The molecular formula is C71H69B3Br2F13N3O16. The quantitative estimate of drug-likeness (QED) is 0.0980. The maximum atomic E-state index is 13.5. The summed E-state index contributed by atoms with van der Waals surface area (Å²) >= 11 is 6.36. The van der Waals surface area contributed by atoms with Crippen molar-refractivity contribution in [3.63, 3.8) is 0 Å². The second-order valence-corrected chi connectivity index (χ2v) is 29.4. The van der Waals surface area contributed by atoms with E-state index in [1.54, 1.807) is 45.3 Å². The van der Waals surface area contributed by atoms with Crippen molar-refractivity contribution in [2.45, 2.75) is 169 Å². The molecule has 3 fully saturated rings. The summed E-state index contributed by atoms with van der Waals surface area (Å²) in [6.07, 6.45) is -17.1. The van der Waals surface area contributed by atoms with Gasteiger partial charge in [-0.2, -0.15) is 0 Å². The first-order valence-corrected chi connectivity index (χ1v) is 34.1. The monoisotopic (exact) mass is 1660 g/mol. The van der Waals surface area contributed by atoms with Gasteiger partial charge in [-0.3, -0.25) is 28.1 Å². The molecule has 0 spiro atoms. The van der Waals surface area contributed by atoms with Crippen LogP contribution in [0.5, 0.6) is 40.2 Å². The average molecular weight is 1660 g/mol. The number of rotatable bonds is 9. The highest BCUT2D eigenvalue weighted by molar-refractivity contribution is 9.10. The standard InChI is InChI=1S/C20H12F5NO4.C19H21BF3NO4.C13H9BrF3NO2.C12H24B2O4.C7H3BrF2O2/c1-11-9-17(27)26(12-5-7-13(8-6-12)28-19(21,22)23)10-15(11)14-3-2-4-16-18(14)30-20(24,25)29-16;1-12-10-16(25)24(13-6-8-14(9-7-13)26-19(21,22)23)11-15(12)20-27-17(2,3)18(4,5)28-20;1-8-6-12(19)18(7-11(8)14)9-2-4-10(5-3-9)20-13(15,16)17;1-9(2)10(3,4)16-13(15-9)14-17-11(5,6)12(7,8)18-14;8-4-2-1-3-5-6(4)12-7(9,10)11-5/h2-10H,1H3;6-11H,1-5H3;2-7H,1H3;1-8H3;1-3H. The van der Waals surface area contributed by atoms with Crippen molar-refractivity contribution in [1.29, 1.82) is 0 Å². The van der Waals surface area contributed by atoms with Gasteiger partial charge in [-0.25, -0.2) is 0 Å². The number of ether oxygens (including phenoxy) is 7. The lowest BCUT2D eigenvalue weighted by atomic mass is 9.49. The number of halogens is 15. The van der Waals surface area contributed by atoms with Crippen molar-refractivity contribution in [3.8, 4) is 68.4 Å². The summed E-state index contributed by atoms with van der Waals surface area (Å²) in [5.41, 5.74) is 0.862. The molecule has 0 saturated carbocycles. The molecule has 0 radical (unpaired) electrons. The zero-order chi connectivity index (χ0) is 80.3. The Balaban J connectivity index is 0.000000160. The molecule has 0 aliphatic carbocycles. The van der Waals surface area contributed by atoms with Crippen molar-refractivity contribution >= 4 is 58.5 Å². The number of alkyl halides is 13. The Kier molecular flexibility index (Phi) is 23.6.